The number of amides is 2. The lowest BCUT2D eigenvalue weighted by Gasteiger charge is -2.32. The first-order chi connectivity index (χ1) is 16.1. The molecule has 1 atom stereocenters. The molecule has 1 aromatic carbocycles. The van der Waals surface area contributed by atoms with Gasteiger partial charge in [0.05, 0.1) is 0 Å². The molecular weight excluding hydrogens is 428 g/mol. The summed E-state index contributed by atoms with van der Waals surface area (Å²) in [5.74, 6) is 9.44. The van der Waals surface area contributed by atoms with Crippen LogP contribution in [0.1, 0.15) is 78.3 Å². The number of nitrogens with one attached hydrogen (secondary N) is 1. The van der Waals surface area contributed by atoms with E-state index in [1.54, 1.807) is 30.3 Å². The summed E-state index contributed by atoms with van der Waals surface area (Å²) in [6.07, 6.45) is 5.48. The van der Waals surface area contributed by atoms with Gasteiger partial charge < -0.3 is 15.0 Å². The topological polar surface area (TPSA) is 75.7 Å². The molecule has 1 N–H and O–H groups in total. The Hall–Kier alpha value is -3.51. The Bertz CT molecular complexity index is 983. The van der Waals surface area contributed by atoms with Crippen LogP contribution in [0.5, 0.6) is 5.75 Å². The van der Waals surface area contributed by atoms with Crippen molar-refractivity contribution in [3.05, 3.63) is 42.5 Å². The maximum absolute atomic E-state index is 13.3. The van der Waals surface area contributed by atoms with E-state index >= 15 is 0 Å². The normalized spacial score (nSPS) is 11.1. The van der Waals surface area contributed by atoms with E-state index in [9.17, 15) is 14.4 Å². The molecule has 0 fully saturated rings. The number of ether oxygens (including phenoxy) is 1. The van der Waals surface area contributed by atoms with Crippen molar-refractivity contribution in [1.29, 1.82) is 0 Å². The second-order valence-corrected chi connectivity index (χ2v) is 8.81. The zero-order chi connectivity index (χ0) is 25.6. The summed E-state index contributed by atoms with van der Waals surface area (Å²) in [6.45, 7) is 13.4. The van der Waals surface area contributed by atoms with Crippen molar-refractivity contribution in [1.82, 2.24) is 10.2 Å². The smallest absolute Gasteiger partial charge is 0.389 e. The molecule has 0 aromatic heterocycles. The molecule has 1 rings (SSSR count). The van der Waals surface area contributed by atoms with Gasteiger partial charge in [-0.25, -0.2) is 4.79 Å². The molecule has 0 aliphatic rings. The summed E-state index contributed by atoms with van der Waals surface area (Å²) in [6, 6.07) is 5.56. The van der Waals surface area contributed by atoms with Crippen molar-refractivity contribution in [3.63, 3.8) is 0 Å². The summed E-state index contributed by atoms with van der Waals surface area (Å²) < 4.78 is 5.35. The van der Waals surface area contributed by atoms with Gasteiger partial charge in [0.1, 0.15) is 11.8 Å². The number of nitrogens with zero attached hydrogens (tertiary/aromatic N) is 1. The molecule has 182 valence electrons. The number of hydrogen-bond acceptors (Lipinski definition) is 4. The van der Waals surface area contributed by atoms with Crippen LogP contribution in [-0.4, -0.2) is 34.8 Å². The molecule has 0 aliphatic carbocycles. The van der Waals surface area contributed by atoms with Crippen molar-refractivity contribution >= 4 is 17.8 Å². The second kappa shape index (κ2) is 14.6. The highest BCUT2D eigenvalue weighted by Crippen LogP contribution is 2.26. The van der Waals surface area contributed by atoms with E-state index in [4.69, 9.17) is 4.74 Å². The van der Waals surface area contributed by atoms with Gasteiger partial charge >= 0.3 is 5.97 Å². The summed E-state index contributed by atoms with van der Waals surface area (Å²) in [7, 11) is 0. The lowest BCUT2D eigenvalue weighted by atomic mass is 10.0. The lowest BCUT2D eigenvalue weighted by Crippen LogP contribution is -2.49. The molecule has 0 spiro atoms. The largest absolute Gasteiger partial charge is 0.417 e. The van der Waals surface area contributed by atoms with Gasteiger partial charge in [0.2, 0.25) is 5.91 Å². The lowest BCUT2D eigenvalue weighted by molar-refractivity contribution is -0.137. The quantitative estimate of drug-likeness (QED) is 0.145. The summed E-state index contributed by atoms with van der Waals surface area (Å²) in [4.78, 5) is 39.7. The Kier molecular flexibility index (Phi) is 12.2. The van der Waals surface area contributed by atoms with Gasteiger partial charge in [-0.05, 0) is 57.2 Å². The Morgan fingerprint density at radius 2 is 1.82 bits per heavy atom. The van der Waals surface area contributed by atoms with Crippen LogP contribution in [0, 0.1) is 23.7 Å². The van der Waals surface area contributed by atoms with E-state index in [-0.39, 0.29) is 18.2 Å². The molecule has 0 saturated carbocycles. The fourth-order valence-electron chi connectivity index (χ4n) is 2.97. The Balaban J connectivity index is 3.34. The van der Waals surface area contributed by atoms with Gasteiger partial charge in [0.15, 0.2) is 0 Å². The summed E-state index contributed by atoms with van der Waals surface area (Å²) >= 11 is 0. The van der Waals surface area contributed by atoms with Gasteiger partial charge in [0, 0.05) is 30.8 Å². The maximum atomic E-state index is 13.3. The van der Waals surface area contributed by atoms with E-state index in [2.05, 4.69) is 35.6 Å². The highest BCUT2D eigenvalue weighted by atomic mass is 16.5. The van der Waals surface area contributed by atoms with Gasteiger partial charge in [0.25, 0.3) is 5.91 Å². The molecule has 0 heterocycles. The van der Waals surface area contributed by atoms with Crippen LogP contribution >= 0.6 is 0 Å². The highest BCUT2D eigenvalue weighted by Gasteiger charge is 2.32. The van der Waals surface area contributed by atoms with Crippen molar-refractivity contribution in [2.24, 2.45) is 0 Å². The fraction of sp³-hybridized carbons (Fsp3) is 0.464. The number of hydrogen-bond donors (Lipinski definition) is 1. The molecule has 2 amide bonds. The van der Waals surface area contributed by atoms with E-state index in [0.29, 0.717) is 18.4 Å². The van der Waals surface area contributed by atoms with Gasteiger partial charge in [-0.1, -0.05) is 50.3 Å². The maximum Gasteiger partial charge on any atom is 0.389 e. The number of rotatable bonds is 9. The van der Waals surface area contributed by atoms with Crippen LogP contribution < -0.4 is 10.1 Å². The SMILES string of the molecule is C=CCN(C(=O)C#CCCC)C(C(=O)NC(C)(C)C)c1cccc(OC(=O)C#CCCCC)c1. The number of benzene rings is 1. The third-order valence-electron chi connectivity index (χ3n) is 4.45. The fourth-order valence-corrected chi connectivity index (χ4v) is 2.97. The Labute approximate surface area is 204 Å². The molecule has 6 nitrogen and oxygen atoms in total. The first-order valence-corrected chi connectivity index (χ1v) is 11.7. The predicted molar refractivity (Wildman–Crippen MR) is 135 cm³/mol. The third kappa shape index (κ3) is 10.4. The minimum Gasteiger partial charge on any atom is -0.417 e. The van der Waals surface area contributed by atoms with Gasteiger partial charge in [-0.2, -0.15) is 0 Å². The number of esters is 1. The van der Waals surface area contributed by atoms with Crippen LogP contribution in [0.25, 0.3) is 0 Å². The van der Waals surface area contributed by atoms with E-state index in [1.807, 2.05) is 34.6 Å². The van der Waals surface area contributed by atoms with Crippen LogP contribution in [0.3, 0.4) is 0 Å². The molecule has 0 bridgehead atoms. The molecule has 34 heavy (non-hydrogen) atoms. The minimum absolute atomic E-state index is 0.120. The van der Waals surface area contributed by atoms with Crippen molar-refractivity contribution in [2.75, 3.05) is 6.54 Å². The predicted octanol–water partition coefficient (Wildman–Crippen LogP) is 4.56. The molecule has 1 unspecified atom stereocenters. The Morgan fingerprint density at radius 1 is 1.12 bits per heavy atom. The first-order valence-electron chi connectivity index (χ1n) is 11.7. The van der Waals surface area contributed by atoms with Gasteiger partial charge in [-0.3, -0.25) is 9.59 Å². The molecule has 6 heteroatoms. The average molecular weight is 465 g/mol. The van der Waals surface area contributed by atoms with Crippen molar-refractivity contribution < 1.29 is 19.1 Å². The van der Waals surface area contributed by atoms with E-state index in [0.717, 1.165) is 19.3 Å². The molecule has 0 aliphatic heterocycles. The average Bonchev–Trinajstić information content (AvgIpc) is 2.75. The summed E-state index contributed by atoms with van der Waals surface area (Å²) in [5.41, 5.74) is -0.0388. The number of unbranched alkanes of at least 4 members (excludes halogenated alkanes) is 3. The molecule has 0 saturated heterocycles. The van der Waals surface area contributed by atoms with Crippen LogP contribution in [0.15, 0.2) is 36.9 Å². The molecule has 0 radical (unpaired) electrons. The number of carbonyl (C=O) groups excluding carboxylic acids is 3. The van der Waals surface area contributed by atoms with Gasteiger partial charge in [-0.15, -0.1) is 6.58 Å². The van der Waals surface area contributed by atoms with E-state index in [1.165, 1.54) is 4.90 Å². The standard InChI is InChI=1S/C28H36N2O4/c1-7-10-12-14-19-25(32)34-23-17-15-16-22(21-23)26(27(33)29-28(4,5)6)30(20-9-3)24(31)18-13-11-8-2/h9,15-17,21,26H,3,7-8,10-12,20H2,1-2,4-6H3,(H,29,33). The van der Waals surface area contributed by atoms with Crippen LogP contribution in [0.2, 0.25) is 0 Å². The van der Waals surface area contributed by atoms with Crippen molar-refractivity contribution in [3.8, 4) is 29.4 Å². The zero-order valence-electron chi connectivity index (χ0n) is 21.0. The van der Waals surface area contributed by atoms with Crippen LogP contribution in [-0.2, 0) is 14.4 Å². The first kappa shape index (κ1) is 28.5. The van der Waals surface area contributed by atoms with Crippen molar-refractivity contribution in [2.45, 2.75) is 78.3 Å². The third-order valence-corrected chi connectivity index (χ3v) is 4.45. The molecular formula is C28H36N2O4. The molecule has 1 aromatic rings. The highest BCUT2D eigenvalue weighted by molar-refractivity contribution is 5.97. The van der Waals surface area contributed by atoms with Crippen LogP contribution in [0.4, 0.5) is 0 Å². The summed E-state index contributed by atoms with van der Waals surface area (Å²) in [5, 5.41) is 2.93. The minimum atomic E-state index is -0.991. The second-order valence-electron chi connectivity index (χ2n) is 8.81. The zero-order valence-corrected chi connectivity index (χ0v) is 21.0. The monoisotopic (exact) mass is 464 g/mol. The Morgan fingerprint density at radius 3 is 2.44 bits per heavy atom. The van der Waals surface area contributed by atoms with E-state index < -0.39 is 23.5 Å². The number of carbonyl (C=O) groups is 3.